The highest BCUT2D eigenvalue weighted by Crippen LogP contribution is 2.26. The predicted molar refractivity (Wildman–Crippen MR) is 120 cm³/mol. The lowest BCUT2D eigenvalue weighted by atomic mass is 9.88. The van der Waals surface area contributed by atoms with Gasteiger partial charge in [0.05, 0.1) is 13.7 Å². The molecule has 2 aromatic rings. The van der Waals surface area contributed by atoms with Gasteiger partial charge in [0.2, 0.25) is 0 Å². The Morgan fingerprint density at radius 1 is 1.03 bits per heavy atom. The molecular formula is C25H32N2O4. The number of aromatic nitrogens is 1. The standard InChI is InChI=1S/C25H32N2O4/c1-16-10-12-20(13-11-16)24(29)27(14-19-8-6-5-7-9-19)15-21(28)22-17(2)23(25(30)31-4)26-18(22)3/h10-13,19,26H,5-9,14-15H2,1-4H3. The van der Waals surface area contributed by atoms with Crippen molar-refractivity contribution in [2.24, 2.45) is 5.92 Å². The van der Waals surface area contributed by atoms with Crippen LogP contribution in [0, 0.1) is 26.7 Å². The lowest BCUT2D eigenvalue weighted by Crippen LogP contribution is -2.40. The van der Waals surface area contributed by atoms with Crippen LogP contribution in [0.4, 0.5) is 0 Å². The average molecular weight is 425 g/mol. The molecule has 1 saturated carbocycles. The first-order valence-corrected chi connectivity index (χ1v) is 11.0. The number of H-pyrrole nitrogens is 1. The first kappa shape index (κ1) is 22.8. The van der Waals surface area contributed by atoms with Gasteiger partial charge in [0, 0.05) is 23.4 Å². The summed E-state index contributed by atoms with van der Waals surface area (Å²) in [5, 5.41) is 0. The van der Waals surface area contributed by atoms with Gasteiger partial charge in [-0.05, 0) is 57.2 Å². The summed E-state index contributed by atoms with van der Waals surface area (Å²) in [5.74, 6) is -0.389. The number of hydrogen-bond acceptors (Lipinski definition) is 4. The number of hydrogen-bond donors (Lipinski definition) is 1. The molecule has 3 rings (SSSR count). The number of rotatable bonds is 7. The molecule has 0 saturated heterocycles. The summed E-state index contributed by atoms with van der Waals surface area (Å²) in [6, 6.07) is 7.46. The Kier molecular flexibility index (Phi) is 7.31. The lowest BCUT2D eigenvalue weighted by molar-refractivity contribution is 0.0593. The van der Waals surface area contributed by atoms with Gasteiger partial charge in [-0.2, -0.15) is 0 Å². The molecule has 6 nitrogen and oxygen atoms in total. The number of nitrogens with zero attached hydrogens (tertiary/aromatic N) is 1. The summed E-state index contributed by atoms with van der Waals surface area (Å²) in [4.78, 5) is 43.3. The Balaban J connectivity index is 1.86. The summed E-state index contributed by atoms with van der Waals surface area (Å²) in [6.07, 6.45) is 5.74. The zero-order valence-electron chi connectivity index (χ0n) is 18.9. The van der Waals surface area contributed by atoms with Crippen LogP contribution in [0.2, 0.25) is 0 Å². The van der Waals surface area contributed by atoms with E-state index in [-0.39, 0.29) is 23.9 Å². The van der Waals surface area contributed by atoms with Crippen molar-refractivity contribution >= 4 is 17.7 Å². The first-order valence-electron chi connectivity index (χ1n) is 11.0. The van der Waals surface area contributed by atoms with E-state index in [9.17, 15) is 14.4 Å². The number of ether oxygens (including phenoxy) is 1. The molecular weight excluding hydrogens is 392 g/mol. The number of nitrogens with one attached hydrogen (secondary N) is 1. The topological polar surface area (TPSA) is 79.5 Å². The van der Waals surface area contributed by atoms with Gasteiger partial charge in [0.25, 0.3) is 5.91 Å². The van der Waals surface area contributed by atoms with E-state index < -0.39 is 5.97 Å². The second-order valence-corrected chi connectivity index (χ2v) is 8.60. The Morgan fingerprint density at radius 2 is 1.68 bits per heavy atom. The number of amides is 1. The molecule has 0 atom stereocenters. The Hall–Kier alpha value is -2.89. The van der Waals surface area contributed by atoms with Crippen LogP contribution in [0.25, 0.3) is 0 Å². The number of esters is 1. The zero-order valence-corrected chi connectivity index (χ0v) is 18.9. The number of aryl methyl sites for hydroxylation is 2. The molecule has 0 aliphatic heterocycles. The molecule has 31 heavy (non-hydrogen) atoms. The number of carbonyl (C=O) groups is 3. The van der Waals surface area contributed by atoms with Crippen molar-refractivity contribution in [2.45, 2.75) is 52.9 Å². The minimum Gasteiger partial charge on any atom is -0.464 e. The van der Waals surface area contributed by atoms with Gasteiger partial charge in [-0.3, -0.25) is 9.59 Å². The number of ketones is 1. The third-order valence-electron chi connectivity index (χ3n) is 6.23. The van der Waals surface area contributed by atoms with Crippen LogP contribution in [-0.2, 0) is 4.74 Å². The molecule has 1 N–H and O–H groups in total. The minimum atomic E-state index is -0.505. The van der Waals surface area contributed by atoms with Crippen LogP contribution in [0.3, 0.4) is 0 Å². The summed E-state index contributed by atoms with van der Waals surface area (Å²) >= 11 is 0. The van der Waals surface area contributed by atoms with Crippen LogP contribution in [-0.4, -0.2) is 47.7 Å². The van der Waals surface area contributed by atoms with Gasteiger partial charge in [-0.1, -0.05) is 37.0 Å². The van der Waals surface area contributed by atoms with Gasteiger partial charge in [-0.15, -0.1) is 0 Å². The van der Waals surface area contributed by atoms with Gasteiger partial charge >= 0.3 is 5.97 Å². The van der Waals surface area contributed by atoms with Crippen molar-refractivity contribution in [3.63, 3.8) is 0 Å². The maximum Gasteiger partial charge on any atom is 0.354 e. The Bertz CT molecular complexity index is 953. The lowest BCUT2D eigenvalue weighted by Gasteiger charge is -2.29. The Labute approximate surface area is 184 Å². The van der Waals surface area contributed by atoms with Crippen molar-refractivity contribution in [3.05, 3.63) is 57.9 Å². The van der Waals surface area contributed by atoms with Gasteiger partial charge < -0.3 is 14.6 Å². The van der Waals surface area contributed by atoms with E-state index in [1.54, 1.807) is 18.7 Å². The zero-order chi connectivity index (χ0) is 22.5. The molecule has 1 aliphatic rings. The largest absolute Gasteiger partial charge is 0.464 e. The number of methoxy groups -OCH3 is 1. The number of aromatic amines is 1. The maximum atomic E-state index is 13.3. The van der Waals surface area contributed by atoms with Crippen LogP contribution < -0.4 is 0 Å². The van der Waals surface area contributed by atoms with E-state index in [1.165, 1.54) is 26.4 Å². The van der Waals surface area contributed by atoms with Crippen LogP contribution in [0.1, 0.15) is 80.1 Å². The first-order chi connectivity index (χ1) is 14.8. The molecule has 1 aromatic carbocycles. The fraction of sp³-hybridized carbons (Fsp3) is 0.480. The van der Waals surface area contributed by atoms with Crippen molar-refractivity contribution in [1.82, 2.24) is 9.88 Å². The highest BCUT2D eigenvalue weighted by atomic mass is 16.5. The third-order valence-corrected chi connectivity index (χ3v) is 6.23. The minimum absolute atomic E-state index is 0.0106. The molecule has 0 spiro atoms. The molecule has 0 unspecified atom stereocenters. The molecule has 1 aromatic heterocycles. The SMILES string of the molecule is COC(=O)c1[nH]c(C)c(C(=O)CN(CC2CCCCC2)C(=O)c2ccc(C)cc2)c1C. The van der Waals surface area contributed by atoms with E-state index in [4.69, 9.17) is 4.74 Å². The van der Waals surface area contributed by atoms with Crippen molar-refractivity contribution in [1.29, 1.82) is 0 Å². The van der Waals surface area contributed by atoms with E-state index in [1.807, 2.05) is 31.2 Å². The van der Waals surface area contributed by atoms with Crippen molar-refractivity contribution in [2.75, 3.05) is 20.2 Å². The van der Waals surface area contributed by atoms with Crippen LogP contribution in [0.5, 0.6) is 0 Å². The van der Waals surface area contributed by atoms with E-state index >= 15 is 0 Å². The molecule has 0 radical (unpaired) electrons. The summed E-state index contributed by atoms with van der Waals surface area (Å²) < 4.78 is 4.81. The quantitative estimate of drug-likeness (QED) is 0.519. The molecule has 1 heterocycles. The van der Waals surface area contributed by atoms with Gasteiger partial charge in [0.15, 0.2) is 5.78 Å². The summed E-state index contributed by atoms with van der Waals surface area (Å²) in [6.45, 7) is 6.04. The van der Waals surface area contributed by atoms with Crippen molar-refractivity contribution < 1.29 is 19.1 Å². The fourth-order valence-electron chi connectivity index (χ4n) is 4.51. The molecule has 1 amide bonds. The third kappa shape index (κ3) is 5.24. The van der Waals surface area contributed by atoms with Crippen LogP contribution in [0.15, 0.2) is 24.3 Å². The van der Waals surface area contributed by atoms with E-state index in [0.717, 1.165) is 18.4 Å². The van der Waals surface area contributed by atoms with E-state index in [0.29, 0.717) is 34.8 Å². The average Bonchev–Trinajstić information content (AvgIpc) is 3.07. The monoisotopic (exact) mass is 424 g/mol. The van der Waals surface area contributed by atoms with Crippen molar-refractivity contribution in [3.8, 4) is 0 Å². The highest BCUT2D eigenvalue weighted by Gasteiger charge is 2.28. The Morgan fingerprint density at radius 3 is 2.29 bits per heavy atom. The fourth-order valence-corrected chi connectivity index (χ4v) is 4.51. The molecule has 1 aliphatic carbocycles. The second kappa shape index (κ2) is 9.94. The maximum absolute atomic E-state index is 13.3. The van der Waals surface area contributed by atoms with Gasteiger partial charge in [0.1, 0.15) is 5.69 Å². The molecule has 1 fully saturated rings. The number of carbonyl (C=O) groups excluding carboxylic acids is 3. The predicted octanol–water partition coefficient (Wildman–Crippen LogP) is 4.63. The number of benzene rings is 1. The second-order valence-electron chi connectivity index (χ2n) is 8.60. The summed E-state index contributed by atoms with van der Waals surface area (Å²) in [5.41, 5.74) is 3.60. The molecule has 6 heteroatoms. The normalized spacial score (nSPS) is 14.3. The van der Waals surface area contributed by atoms with Crippen LogP contribution >= 0.6 is 0 Å². The number of Topliss-reactive ketones (excluding diaryl/α,β-unsaturated/α-hetero) is 1. The van der Waals surface area contributed by atoms with E-state index in [2.05, 4.69) is 4.98 Å². The van der Waals surface area contributed by atoms with Gasteiger partial charge in [-0.25, -0.2) is 4.79 Å². The molecule has 166 valence electrons. The summed E-state index contributed by atoms with van der Waals surface area (Å²) in [7, 11) is 1.31. The highest BCUT2D eigenvalue weighted by molar-refractivity contribution is 6.05. The smallest absolute Gasteiger partial charge is 0.354 e. The molecule has 0 bridgehead atoms.